The molecule has 1 aromatic heterocycles. The van der Waals surface area contributed by atoms with Gasteiger partial charge >= 0.3 is 6.18 Å². The third-order valence-electron chi connectivity index (χ3n) is 8.84. The number of benzene rings is 1. The van der Waals surface area contributed by atoms with Gasteiger partial charge in [-0.25, -0.2) is 9.97 Å². The molecular weight excluding hydrogens is 549 g/mol. The van der Waals surface area contributed by atoms with E-state index in [1.165, 1.54) is 0 Å². The Kier molecular flexibility index (Phi) is 9.32. The van der Waals surface area contributed by atoms with Crippen molar-refractivity contribution in [1.82, 2.24) is 25.1 Å². The van der Waals surface area contributed by atoms with Gasteiger partial charge in [-0.2, -0.15) is 13.2 Å². The number of nitrogens with one attached hydrogen (secondary N) is 2. The van der Waals surface area contributed by atoms with Crippen LogP contribution in [0.5, 0.6) is 0 Å². The van der Waals surface area contributed by atoms with Crippen LogP contribution >= 0.6 is 0 Å². The zero-order valence-corrected chi connectivity index (χ0v) is 24.1. The van der Waals surface area contributed by atoms with E-state index >= 15 is 0 Å². The van der Waals surface area contributed by atoms with Crippen molar-refractivity contribution in [2.24, 2.45) is 11.8 Å². The number of aromatic nitrogens is 2. The zero-order valence-electron chi connectivity index (χ0n) is 24.1. The van der Waals surface area contributed by atoms with Gasteiger partial charge in [0.2, 0.25) is 11.9 Å². The number of halogens is 3. The summed E-state index contributed by atoms with van der Waals surface area (Å²) in [5.41, 5.74) is 0.0727. The first kappa shape index (κ1) is 30.2. The molecule has 0 spiro atoms. The molecule has 3 fully saturated rings. The van der Waals surface area contributed by atoms with Gasteiger partial charge in [-0.1, -0.05) is 6.42 Å². The monoisotopic (exact) mass is 588 g/mol. The number of hydrogen-bond donors (Lipinski definition) is 2. The third kappa shape index (κ3) is 7.20. The molecule has 3 heterocycles. The van der Waals surface area contributed by atoms with E-state index in [4.69, 9.17) is 4.74 Å². The van der Waals surface area contributed by atoms with E-state index in [1.54, 1.807) is 29.2 Å². The number of nitrogens with zero attached hydrogens (tertiary/aromatic N) is 4. The smallest absolute Gasteiger partial charge is 0.379 e. The van der Waals surface area contributed by atoms with Crippen LogP contribution in [0.3, 0.4) is 0 Å². The Morgan fingerprint density at radius 1 is 1.10 bits per heavy atom. The van der Waals surface area contributed by atoms with Gasteiger partial charge in [0.05, 0.1) is 23.9 Å². The van der Waals surface area contributed by atoms with Crippen LogP contribution in [-0.4, -0.2) is 84.1 Å². The summed E-state index contributed by atoms with van der Waals surface area (Å²) in [4.78, 5) is 38.2. The van der Waals surface area contributed by atoms with Crippen molar-refractivity contribution in [2.45, 2.75) is 63.2 Å². The van der Waals surface area contributed by atoms with E-state index in [9.17, 15) is 22.8 Å². The van der Waals surface area contributed by atoms with Gasteiger partial charge in [-0.15, -0.1) is 0 Å². The van der Waals surface area contributed by atoms with Crippen LogP contribution in [0.25, 0.3) is 0 Å². The summed E-state index contributed by atoms with van der Waals surface area (Å²) in [6, 6.07) is 6.92. The van der Waals surface area contributed by atoms with Crippen molar-refractivity contribution in [1.29, 1.82) is 0 Å². The van der Waals surface area contributed by atoms with Crippen molar-refractivity contribution >= 4 is 23.5 Å². The number of piperidine rings is 1. The minimum atomic E-state index is -4.62. The molecule has 0 radical (unpaired) electrons. The van der Waals surface area contributed by atoms with Crippen molar-refractivity contribution in [2.75, 3.05) is 45.7 Å². The second-order valence-corrected chi connectivity index (χ2v) is 11.8. The molecule has 2 aromatic rings. The number of ether oxygens (including phenoxy) is 1. The molecule has 5 rings (SSSR count). The fraction of sp³-hybridized carbons (Fsp3) is 0.600. The average Bonchev–Trinajstić information content (AvgIpc) is 3.65. The van der Waals surface area contributed by atoms with Crippen LogP contribution in [0.1, 0.15) is 60.1 Å². The van der Waals surface area contributed by atoms with Crippen molar-refractivity contribution in [3.63, 3.8) is 0 Å². The average molecular weight is 589 g/mol. The quantitative estimate of drug-likeness (QED) is 0.475. The molecule has 228 valence electrons. The Hall–Kier alpha value is -3.25. The number of likely N-dealkylation sites (tertiary alicyclic amines) is 1. The van der Waals surface area contributed by atoms with Crippen LogP contribution in [0.15, 0.2) is 30.5 Å². The first-order valence-corrected chi connectivity index (χ1v) is 14.7. The van der Waals surface area contributed by atoms with Gasteiger partial charge in [0, 0.05) is 43.1 Å². The molecule has 2 amide bonds. The number of amides is 2. The van der Waals surface area contributed by atoms with Crippen LogP contribution in [-0.2, 0) is 22.1 Å². The summed E-state index contributed by atoms with van der Waals surface area (Å²) in [5.74, 6) is -0.772. The molecule has 2 saturated heterocycles. The molecule has 1 aliphatic carbocycles. The number of carbonyl (C=O) groups excluding carboxylic acids is 2. The summed E-state index contributed by atoms with van der Waals surface area (Å²) in [7, 11) is 3.90. The normalized spacial score (nSPS) is 23.6. The maximum Gasteiger partial charge on any atom is 0.419 e. The molecule has 12 heteroatoms. The summed E-state index contributed by atoms with van der Waals surface area (Å²) in [6.45, 7) is 2.96. The highest BCUT2D eigenvalue weighted by atomic mass is 19.4. The van der Waals surface area contributed by atoms with Gasteiger partial charge in [0.25, 0.3) is 5.91 Å². The van der Waals surface area contributed by atoms with Gasteiger partial charge in [0.1, 0.15) is 0 Å². The van der Waals surface area contributed by atoms with Crippen molar-refractivity contribution < 1.29 is 27.5 Å². The van der Waals surface area contributed by atoms with Gasteiger partial charge in [-0.05, 0) is 88.8 Å². The fourth-order valence-electron chi connectivity index (χ4n) is 6.28. The summed E-state index contributed by atoms with van der Waals surface area (Å²) < 4.78 is 47.1. The van der Waals surface area contributed by atoms with Crippen LogP contribution < -0.4 is 10.6 Å². The molecule has 42 heavy (non-hydrogen) atoms. The van der Waals surface area contributed by atoms with Crippen LogP contribution in [0, 0.1) is 11.8 Å². The van der Waals surface area contributed by atoms with E-state index < -0.39 is 11.7 Å². The zero-order chi connectivity index (χ0) is 29.9. The lowest BCUT2D eigenvalue weighted by molar-refractivity contribution is -0.138. The molecule has 2 aliphatic heterocycles. The van der Waals surface area contributed by atoms with Crippen molar-refractivity contribution in [3.05, 3.63) is 47.3 Å². The molecule has 3 aliphatic rings. The second-order valence-electron chi connectivity index (χ2n) is 11.8. The first-order valence-electron chi connectivity index (χ1n) is 14.7. The Morgan fingerprint density at radius 2 is 1.83 bits per heavy atom. The lowest BCUT2D eigenvalue weighted by atomic mass is 9.89. The van der Waals surface area contributed by atoms with E-state index in [0.29, 0.717) is 37.3 Å². The Bertz CT molecular complexity index is 1240. The topological polar surface area (TPSA) is 99.7 Å². The predicted octanol–water partition coefficient (Wildman–Crippen LogP) is 4.27. The number of rotatable bonds is 8. The molecule has 1 aromatic carbocycles. The predicted molar refractivity (Wildman–Crippen MR) is 151 cm³/mol. The van der Waals surface area contributed by atoms with E-state index in [-0.39, 0.29) is 53.8 Å². The highest BCUT2D eigenvalue weighted by Crippen LogP contribution is 2.38. The number of alkyl halides is 3. The summed E-state index contributed by atoms with van der Waals surface area (Å²) >= 11 is 0. The van der Waals surface area contributed by atoms with E-state index in [2.05, 4.69) is 32.5 Å². The minimum absolute atomic E-state index is 0.0298. The van der Waals surface area contributed by atoms with Gasteiger partial charge < -0.3 is 25.2 Å². The Balaban J connectivity index is 1.27. The highest BCUT2D eigenvalue weighted by molar-refractivity contribution is 5.94. The second kappa shape index (κ2) is 12.9. The number of anilines is 2. The van der Waals surface area contributed by atoms with E-state index in [0.717, 1.165) is 45.0 Å². The van der Waals surface area contributed by atoms with E-state index in [1.807, 2.05) is 7.05 Å². The molecule has 0 bridgehead atoms. The largest absolute Gasteiger partial charge is 0.419 e. The van der Waals surface area contributed by atoms with Crippen LogP contribution in [0.2, 0.25) is 0 Å². The molecule has 1 saturated carbocycles. The fourth-order valence-corrected chi connectivity index (χ4v) is 6.28. The van der Waals surface area contributed by atoms with Gasteiger partial charge in [-0.3, -0.25) is 9.59 Å². The molecule has 9 nitrogen and oxygen atoms in total. The summed E-state index contributed by atoms with van der Waals surface area (Å²) in [6.07, 6.45) is 0.881. The highest BCUT2D eigenvalue weighted by Gasteiger charge is 2.39. The maximum absolute atomic E-state index is 13.9. The first-order chi connectivity index (χ1) is 20.1. The Morgan fingerprint density at radius 3 is 2.50 bits per heavy atom. The minimum Gasteiger partial charge on any atom is -0.379 e. The maximum atomic E-state index is 13.9. The van der Waals surface area contributed by atoms with Crippen LogP contribution in [0.4, 0.5) is 24.8 Å². The third-order valence-corrected chi connectivity index (χ3v) is 8.84. The molecular formula is C30H39F3N6O3. The molecule has 1 unspecified atom stereocenters. The molecule has 3 atom stereocenters. The Labute approximate surface area is 244 Å². The number of carbonyl (C=O) groups is 2. The lowest BCUT2D eigenvalue weighted by Crippen LogP contribution is -2.44. The SMILES string of the molecule is CN1CCC(N(C)C(=O)c2ccc(Nc3ncc(C(F)(F)F)c(C[C@@H]4CCC[C@@H]4C(=O)NC4CCOC4)n3)cc2)CC1. The molecule has 2 N–H and O–H groups in total. The summed E-state index contributed by atoms with van der Waals surface area (Å²) in [5, 5.41) is 5.99. The van der Waals surface area contributed by atoms with Crippen molar-refractivity contribution in [3.8, 4) is 0 Å². The lowest BCUT2D eigenvalue weighted by Gasteiger charge is -2.35. The standard InChI is InChI=1S/C30H39F3N6O3/c1-38-13-10-23(11-14-38)39(2)28(41)19-6-8-21(9-7-19)36-29-34-17-25(30(31,32)33)26(37-29)16-20-4-3-5-24(20)27(40)35-22-12-15-42-18-22/h6-9,17,20,22-24H,3-5,10-16,18H2,1-2H3,(H,35,40)(H,34,36,37)/t20-,22?,24-/m0/s1. The number of hydrogen-bond acceptors (Lipinski definition) is 7. The van der Waals surface area contributed by atoms with Gasteiger partial charge in [0.15, 0.2) is 0 Å².